The Balaban J connectivity index is 1.27. The largest absolute Gasteiger partial charge is 0.448 e. The topological polar surface area (TPSA) is 66.0 Å². The minimum absolute atomic E-state index is 0.404. The molecule has 0 N–H and O–H groups in total. The average molecular weight is 352 g/mol. The van der Waals surface area contributed by atoms with Crippen LogP contribution in [0.4, 0.5) is 0 Å². The Hall–Kier alpha value is -2.46. The Morgan fingerprint density at radius 3 is 1.59 bits per heavy atom. The quantitative estimate of drug-likeness (QED) is 0.673. The van der Waals surface area contributed by atoms with Crippen LogP contribution in [0, 0.1) is 93.7 Å². The Morgan fingerprint density at radius 1 is 0.741 bits per heavy atom. The van der Waals surface area contributed by atoms with Crippen LogP contribution < -0.4 is 9.47 Å². The Kier molecular flexibility index (Phi) is 1.60. The van der Waals surface area contributed by atoms with Crippen LogP contribution >= 0.6 is 0 Å². The maximum absolute atomic E-state index is 9.55. The summed E-state index contributed by atoms with van der Waals surface area (Å²) in [6.07, 6.45) is 0. The van der Waals surface area contributed by atoms with Crippen molar-refractivity contribution in [3.8, 4) is 23.6 Å². The fourth-order valence-corrected chi connectivity index (χ4v) is 11.0. The molecular formula is C23H16N2O2. The number of hydrogen-bond donors (Lipinski definition) is 0. The predicted octanol–water partition coefficient (Wildman–Crippen LogP) is 2.99. The molecule has 1 aromatic rings. The van der Waals surface area contributed by atoms with E-state index < -0.39 is 5.79 Å². The summed E-state index contributed by atoms with van der Waals surface area (Å²) in [5, 5.41) is 19.1. The molecule has 4 nitrogen and oxygen atoms in total. The number of ether oxygens (including phenoxy) is 2. The molecule has 9 aliphatic rings. The van der Waals surface area contributed by atoms with Crippen LogP contribution in [0.5, 0.6) is 11.5 Å². The van der Waals surface area contributed by atoms with Crippen LogP contribution in [0.1, 0.15) is 0 Å². The van der Waals surface area contributed by atoms with Crippen LogP contribution in [-0.4, -0.2) is 5.79 Å². The van der Waals surface area contributed by atoms with E-state index in [1.807, 2.05) is 12.1 Å². The van der Waals surface area contributed by atoms with Crippen molar-refractivity contribution in [1.82, 2.24) is 0 Å². The van der Waals surface area contributed by atoms with Crippen molar-refractivity contribution in [3.63, 3.8) is 0 Å². The van der Waals surface area contributed by atoms with Crippen LogP contribution in [0.25, 0.3) is 0 Å². The summed E-state index contributed by atoms with van der Waals surface area (Å²) in [6.45, 7) is 0. The van der Waals surface area contributed by atoms with Crippen molar-refractivity contribution in [2.45, 2.75) is 5.79 Å². The SMILES string of the molecule is N#CC(C#N)=C1C2C3C4C1C1C2C2C3C3C4C1C2C31Oc2ccccc2O1. The molecule has 1 spiro atoms. The zero-order chi connectivity index (χ0) is 17.4. The molecule has 130 valence electrons. The van der Waals surface area contributed by atoms with E-state index in [-0.39, 0.29) is 0 Å². The standard InChI is InChI=1S/C23H16N2O2/c24-5-7(6-25)10-11-13-15-12(10)16-14(11)18-17(13)21-19(15)20(16)22(18)23(21)26-8-3-1-2-4-9(8)27-23/h1-4,11-22H. The highest BCUT2D eigenvalue weighted by atomic mass is 16.7. The second kappa shape index (κ2) is 3.37. The summed E-state index contributed by atoms with van der Waals surface area (Å²) in [5.41, 5.74) is 1.74. The van der Waals surface area contributed by atoms with Gasteiger partial charge in [-0.3, -0.25) is 0 Å². The molecule has 8 unspecified atom stereocenters. The molecule has 4 heteroatoms. The Labute approximate surface area is 156 Å². The smallest absolute Gasteiger partial charge is 0.258 e. The third kappa shape index (κ3) is 0.894. The van der Waals surface area contributed by atoms with Gasteiger partial charge >= 0.3 is 0 Å². The maximum Gasteiger partial charge on any atom is 0.258 e. The van der Waals surface area contributed by atoms with Gasteiger partial charge in [0.15, 0.2) is 11.5 Å². The highest BCUT2D eigenvalue weighted by Gasteiger charge is 2.97. The Morgan fingerprint density at radius 2 is 1.19 bits per heavy atom. The zero-order valence-electron chi connectivity index (χ0n) is 14.4. The molecule has 8 aliphatic carbocycles. The molecule has 8 atom stereocenters. The molecule has 1 aromatic carbocycles. The minimum Gasteiger partial charge on any atom is -0.448 e. The third-order valence-electron chi connectivity index (χ3n) is 10.4. The second-order valence-corrected chi connectivity index (χ2v) is 10.1. The lowest BCUT2D eigenvalue weighted by atomic mass is 9.80. The van der Waals surface area contributed by atoms with E-state index in [1.54, 1.807) is 0 Å². The number of fused-ring (bicyclic) bond motifs is 1. The van der Waals surface area contributed by atoms with Gasteiger partial charge in [0.05, 0.1) is 0 Å². The molecule has 0 aromatic heterocycles. The summed E-state index contributed by atoms with van der Waals surface area (Å²) >= 11 is 0. The summed E-state index contributed by atoms with van der Waals surface area (Å²) in [4.78, 5) is 0. The van der Waals surface area contributed by atoms with Gasteiger partial charge in [-0.1, -0.05) is 12.1 Å². The van der Waals surface area contributed by atoms with E-state index in [2.05, 4.69) is 24.3 Å². The number of benzene rings is 1. The second-order valence-electron chi connectivity index (χ2n) is 10.1. The molecule has 8 fully saturated rings. The zero-order valence-corrected chi connectivity index (χ0v) is 14.4. The maximum atomic E-state index is 9.55. The normalized spacial score (nSPS) is 57.6. The first-order valence-corrected chi connectivity index (χ1v) is 10.3. The number of para-hydroxylation sites is 2. The molecule has 1 heterocycles. The lowest BCUT2D eigenvalue weighted by Gasteiger charge is -2.30. The van der Waals surface area contributed by atoms with Crippen molar-refractivity contribution in [2.75, 3.05) is 0 Å². The molecule has 10 rings (SSSR count). The van der Waals surface area contributed by atoms with Crippen LogP contribution in [0.2, 0.25) is 0 Å². The number of allylic oxidation sites excluding steroid dienone is 2. The van der Waals surface area contributed by atoms with E-state index in [0.29, 0.717) is 76.6 Å². The Bertz CT molecular complexity index is 1010. The molecule has 0 radical (unpaired) electrons. The van der Waals surface area contributed by atoms with Gasteiger partial charge in [0.1, 0.15) is 17.7 Å². The third-order valence-corrected chi connectivity index (χ3v) is 10.4. The van der Waals surface area contributed by atoms with Gasteiger partial charge in [-0.05, 0) is 76.9 Å². The molecule has 4 bridgehead atoms. The van der Waals surface area contributed by atoms with E-state index in [1.165, 1.54) is 5.57 Å². The van der Waals surface area contributed by atoms with E-state index in [9.17, 15) is 10.5 Å². The molecule has 0 amide bonds. The molecular weight excluding hydrogens is 336 g/mol. The van der Waals surface area contributed by atoms with Gasteiger partial charge < -0.3 is 9.47 Å². The van der Waals surface area contributed by atoms with Crippen LogP contribution in [-0.2, 0) is 0 Å². The number of nitrogens with zero attached hydrogens (tertiary/aromatic N) is 2. The van der Waals surface area contributed by atoms with Gasteiger partial charge in [0, 0.05) is 11.8 Å². The average Bonchev–Trinajstić information content (AvgIpc) is 3.44. The minimum atomic E-state index is -0.404. The number of rotatable bonds is 0. The molecule has 0 saturated heterocycles. The number of hydrogen-bond acceptors (Lipinski definition) is 4. The van der Waals surface area contributed by atoms with Crippen LogP contribution in [0.3, 0.4) is 0 Å². The molecule has 27 heavy (non-hydrogen) atoms. The monoisotopic (exact) mass is 352 g/mol. The van der Waals surface area contributed by atoms with E-state index in [0.717, 1.165) is 11.5 Å². The number of nitriles is 2. The highest BCUT2D eigenvalue weighted by molar-refractivity contribution is 5.56. The summed E-state index contributed by atoms with van der Waals surface area (Å²) < 4.78 is 13.3. The van der Waals surface area contributed by atoms with E-state index in [4.69, 9.17) is 9.47 Å². The lowest BCUT2D eigenvalue weighted by Crippen LogP contribution is -2.46. The highest BCUT2D eigenvalue weighted by Crippen LogP contribution is 2.95. The predicted molar refractivity (Wildman–Crippen MR) is 90.6 cm³/mol. The fraction of sp³-hybridized carbons (Fsp3) is 0.565. The van der Waals surface area contributed by atoms with Gasteiger partial charge in [-0.15, -0.1) is 0 Å². The van der Waals surface area contributed by atoms with Crippen molar-refractivity contribution in [3.05, 3.63) is 35.4 Å². The van der Waals surface area contributed by atoms with Crippen LogP contribution in [0.15, 0.2) is 35.4 Å². The summed E-state index contributed by atoms with van der Waals surface area (Å²) in [7, 11) is 0. The van der Waals surface area contributed by atoms with Crippen molar-refractivity contribution < 1.29 is 9.47 Å². The first-order chi connectivity index (χ1) is 13.3. The summed E-state index contributed by atoms with van der Waals surface area (Å²) in [6, 6.07) is 12.7. The first kappa shape index (κ1) is 12.8. The molecule has 8 saturated carbocycles. The van der Waals surface area contributed by atoms with Crippen molar-refractivity contribution in [2.24, 2.45) is 71.0 Å². The fourth-order valence-electron chi connectivity index (χ4n) is 11.0. The van der Waals surface area contributed by atoms with Crippen molar-refractivity contribution in [1.29, 1.82) is 10.5 Å². The first-order valence-electron chi connectivity index (χ1n) is 10.3. The summed E-state index contributed by atoms with van der Waals surface area (Å²) in [5.74, 6) is 9.08. The molecule has 1 aliphatic heterocycles. The van der Waals surface area contributed by atoms with E-state index >= 15 is 0 Å². The van der Waals surface area contributed by atoms with Gasteiger partial charge in [-0.25, -0.2) is 0 Å². The van der Waals surface area contributed by atoms with Gasteiger partial charge in [-0.2, -0.15) is 10.5 Å². The van der Waals surface area contributed by atoms with Gasteiger partial charge in [0.25, 0.3) is 5.79 Å². The van der Waals surface area contributed by atoms with Crippen molar-refractivity contribution >= 4 is 0 Å². The lowest BCUT2D eigenvalue weighted by molar-refractivity contribution is -0.129. The van der Waals surface area contributed by atoms with Gasteiger partial charge in [0.2, 0.25) is 0 Å².